The van der Waals surface area contributed by atoms with Crippen LogP contribution in [-0.4, -0.2) is 114 Å². The van der Waals surface area contributed by atoms with Gasteiger partial charge in [-0.15, -0.1) is 0 Å². The summed E-state index contributed by atoms with van der Waals surface area (Å²) in [5, 5.41) is 26.7. The van der Waals surface area contributed by atoms with Crippen molar-refractivity contribution in [1.82, 2.24) is 34.3 Å². The molecule has 1 aliphatic carbocycles. The highest BCUT2D eigenvalue weighted by molar-refractivity contribution is 6.31. The lowest BCUT2D eigenvalue weighted by Crippen LogP contribution is -2.49. The molecule has 3 atom stereocenters. The smallest absolute Gasteiger partial charge is 0.356 e. The number of benzene rings is 3. The van der Waals surface area contributed by atoms with Gasteiger partial charge in [0.15, 0.2) is 11.4 Å². The third-order valence-electron chi connectivity index (χ3n) is 11.4. The summed E-state index contributed by atoms with van der Waals surface area (Å²) >= 11 is 6.67. The van der Waals surface area contributed by atoms with Crippen molar-refractivity contribution in [2.75, 3.05) is 39.3 Å². The summed E-state index contributed by atoms with van der Waals surface area (Å²) in [4.78, 5) is 53.8. The van der Waals surface area contributed by atoms with Crippen molar-refractivity contribution < 1.29 is 34.1 Å². The van der Waals surface area contributed by atoms with Gasteiger partial charge in [0, 0.05) is 63.2 Å². The van der Waals surface area contributed by atoms with E-state index in [2.05, 4.69) is 70.6 Å². The maximum absolute atomic E-state index is 12.9. The summed E-state index contributed by atoms with van der Waals surface area (Å²) in [6, 6.07) is 23.1. The molecule has 3 aliphatic rings. The van der Waals surface area contributed by atoms with E-state index in [1.165, 1.54) is 35.7 Å². The zero-order valence-corrected chi connectivity index (χ0v) is 32.1. The first kappa shape index (κ1) is 38.1. The van der Waals surface area contributed by atoms with Gasteiger partial charge in [-0.25, -0.2) is 19.2 Å². The number of aryl methyl sites for hydroxylation is 1. The van der Waals surface area contributed by atoms with Gasteiger partial charge in [0.25, 0.3) is 0 Å². The van der Waals surface area contributed by atoms with Gasteiger partial charge in [0.1, 0.15) is 0 Å². The lowest BCUT2D eigenvalue weighted by molar-refractivity contribution is 0.0384. The fourth-order valence-corrected chi connectivity index (χ4v) is 8.43. The Morgan fingerprint density at radius 2 is 1.26 bits per heavy atom. The van der Waals surface area contributed by atoms with Gasteiger partial charge in [0.05, 0.1) is 12.7 Å². The quantitative estimate of drug-likeness (QED) is 0.170. The number of aromatic carboxylic acids is 2. The summed E-state index contributed by atoms with van der Waals surface area (Å²) in [6.07, 6.45) is 4.53. The number of hydrogen-bond acceptors (Lipinski definition) is 8. The van der Waals surface area contributed by atoms with Crippen LogP contribution in [0.1, 0.15) is 50.5 Å². The molecule has 0 radical (unpaired) electrons. The Hall–Kier alpha value is -5.83. The second kappa shape index (κ2) is 16.0. The number of fused-ring (bicyclic) bond motifs is 1. The number of hydrogen-bond donors (Lipinski definition) is 2. The number of amides is 2. The second-order valence-electron chi connectivity index (χ2n) is 15.1. The van der Waals surface area contributed by atoms with E-state index in [9.17, 15) is 19.2 Å². The third kappa shape index (κ3) is 8.20. The molecule has 2 N–H and O–H groups in total. The third-order valence-corrected chi connectivity index (χ3v) is 11.8. The minimum Gasteiger partial charge on any atom is -0.476 e. The van der Waals surface area contributed by atoms with Gasteiger partial charge in [-0.2, -0.15) is 19.6 Å². The van der Waals surface area contributed by atoms with Crippen molar-refractivity contribution in [2.45, 2.75) is 39.0 Å². The molecule has 2 amide bonds. The number of likely N-dealkylation sites (tertiary alicyclic amines) is 1. The molecule has 2 aromatic heterocycles. The number of nitrogens with zero attached hydrogens (tertiary/aromatic N) is 7. The van der Waals surface area contributed by atoms with Gasteiger partial charge in [-0.1, -0.05) is 54.1 Å². The number of ether oxygens (including phenoxy) is 1. The zero-order chi connectivity index (χ0) is 39.8. The van der Waals surface area contributed by atoms with Crippen LogP contribution < -0.4 is 0 Å². The van der Waals surface area contributed by atoms with Crippen LogP contribution >= 0.6 is 11.6 Å². The first-order valence-electron chi connectivity index (χ1n) is 19.0. The van der Waals surface area contributed by atoms with Crippen LogP contribution in [-0.2, 0) is 17.9 Å². The van der Waals surface area contributed by atoms with Crippen LogP contribution in [0.15, 0.2) is 85.2 Å². The van der Waals surface area contributed by atoms with Crippen LogP contribution in [0.4, 0.5) is 9.59 Å². The van der Waals surface area contributed by atoms with E-state index in [4.69, 9.17) is 26.6 Å². The number of aromatic nitrogens is 4. The Morgan fingerprint density at radius 3 is 1.84 bits per heavy atom. The van der Waals surface area contributed by atoms with Crippen molar-refractivity contribution in [1.29, 1.82) is 0 Å². The molecule has 57 heavy (non-hydrogen) atoms. The van der Waals surface area contributed by atoms with Crippen LogP contribution in [0.2, 0.25) is 5.02 Å². The molecule has 3 aromatic carbocycles. The number of rotatable bonds is 9. The zero-order valence-electron chi connectivity index (χ0n) is 31.3. The van der Waals surface area contributed by atoms with Crippen molar-refractivity contribution in [3.63, 3.8) is 0 Å². The first-order chi connectivity index (χ1) is 27.5. The van der Waals surface area contributed by atoms with Crippen molar-refractivity contribution in [3.05, 3.63) is 118 Å². The Balaban J connectivity index is 0.848. The van der Waals surface area contributed by atoms with Crippen LogP contribution in [0.3, 0.4) is 0 Å². The lowest BCUT2D eigenvalue weighted by Gasteiger charge is -2.34. The van der Waals surface area contributed by atoms with Gasteiger partial charge in [-0.05, 0) is 101 Å². The predicted octanol–water partition coefficient (Wildman–Crippen LogP) is 6.45. The molecule has 294 valence electrons. The van der Waals surface area contributed by atoms with E-state index < -0.39 is 11.9 Å². The highest BCUT2D eigenvalue weighted by Crippen LogP contribution is 2.40. The summed E-state index contributed by atoms with van der Waals surface area (Å²) in [5.74, 6) is -1.70. The second-order valence-corrected chi connectivity index (χ2v) is 15.5. The largest absolute Gasteiger partial charge is 0.476 e. The fraction of sp³-hybridized carbons (Fsp3) is 0.333. The normalized spacial score (nSPS) is 19.5. The molecule has 3 fully saturated rings. The topological polar surface area (TPSA) is 163 Å². The average Bonchev–Trinajstić information content (AvgIpc) is 4.03. The number of halogens is 1. The Bertz CT molecular complexity index is 2340. The number of piperazine rings is 1. The standard InChI is InChI=1S/C42H42ClN7O7/c1-26-17-29(5-6-31(26)22-46-13-15-47(16-14-46)41(55)49-11-9-37(44-49)39(51)52)27-3-2-4-28(18-27)30-7-8-36(43)34(19-30)25-57-35-20-32-23-48(24-33(32)21-35)42(56)50-12-10-38(45-50)40(53)54/h2-12,17-19,32-33,35H,13-16,20-25H2,1H3,(H,51,52)(H,53,54)/t32-,33+,35+. The molecular formula is C42H42ClN7O7. The van der Waals surface area contributed by atoms with Crippen LogP contribution in [0.25, 0.3) is 22.3 Å². The number of carbonyl (C=O) groups is 4. The number of carbonyl (C=O) groups excluding carboxylic acids is 2. The molecular weight excluding hydrogens is 750 g/mol. The summed E-state index contributed by atoms with van der Waals surface area (Å²) in [6.45, 7) is 6.91. The minimum atomic E-state index is -1.16. The molecule has 15 heteroatoms. The van der Waals surface area contributed by atoms with E-state index in [0.717, 1.165) is 56.6 Å². The van der Waals surface area contributed by atoms with Gasteiger partial charge in [-0.3, -0.25) is 4.90 Å². The summed E-state index contributed by atoms with van der Waals surface area (Å²) in [7, 11) is 0. The van der Waals surface area contributed by atoms with Crippen molar-refractivity contribution in [2.24, 2.45) is 11.8 Å². The minimum absolute atomic E-state index is 0.0620. The van der Waals surface area contributed by atoms with Gasteiger partial charge >= 0.3 is 24.0 Å². The molecule has 4 heterocycles. The van der Waals surface area contributed by atoms with Gasteiger partial charge in [0.2, 0.25) is 0 Å². The van der Waals surface area contributed by atoms with Crippen molar-refractivity contribution in [3.8, 4) is 22.3 Å². The molecule has 2 aliphatic heterocycles. The monoisotopic (exact) mass is 791 g/mol. The molecule has 8 rings (SSSR count). The fourth-order valence-electron chi connectivity index (χ4n) is 8.26. The van der Waals surface area contributed by atoms with E-state index in [1.807, 2.05) is 12.1 Å². The summed E-state index contributed by atoms with van der Waals surface area (Å²) < 4.78 is 8.60. The summed E-state index contributed by atoms with van der Waals surface area (Å²) in [5.41, 5.74) is 7.35. The maximum atomic E-state index is 12.9. The number of carboxylic acids is 2. The lowest BCUT2D eigenvalue weighted by atomic mass is 9.96. The van der Waals surface area contributed by atoms with E-state index in [1.54, 1.807) is 9.80 Å². The van der Waals surface area contributed by atoms with Crippen LogP contribution in [0.5, 0.6) is 0 Å². The molecule has 0 bridgehead atoms. The molecule has 2 saturated heterocycles. The molecule has 0 spiro atoms. The Kier molecular flexibility index (Phi) is 10.7. The molecule has 14 nitrogen and oxygen atoms in total. The van der Waals surface area contributed by atoms with E-state index >= 15 is 0 Å². The average molecular weight is 792 g/mol. The SMILES string of the molecule is Cc1cc(-c2cccc(-c3ccc(Cl)c(CO[C@H]4C[C@@H]5CN(C(=O)n6ccc(C(=O)O)n6)C[C@@H]5C4)c3)c2)ccc1CN1CCN(C(=O)n2ccc(C(=O)O)n2)CC1. The van der Waals surface area contributed by atoms with Crippen molar-refractivity contribution >= 4 is 35.6 Å². The Labute approximate surface area is 333 Å². The molecule has 0 unspecified atom stereocenters. The highest BCUT2D eigenvalue weighted by Gasteiger charge is 2.43. The molecule has 5 aromatic rings. The van der Waals surface area contributed by atoms with E-state index in [-0.39, 0.29) is 29.6 Å². The molecule has 1 saturated carbocycles. The van der Waals surface area contributed by atoms with Gasteiger partial charge < -0.3 is 24.7 Å². The Morgan fingerprint density at radius 1 is 0.702 bits per heavy atom. The predicted molar refractivity (Wildman–Crippen MR) is 210 cm³/mol. The first-order valence-corrected chi connectivity index (χ1v) is 19.4. The van der Waals surface area contributed by atoms with Crippen LogP contribution in [0, 0.1) is 18.8 Å². The highest BCUT2D eigenvalue weighted by atomic mass is 35.5. The van der Waals surface area contributed by atoms with E-state index in [0.29, 0.717) is 62.7 Å². The number of carboxylic acid groups (broad SMARTS) is 2. The maximum Gasteiger partial charge on any atom is 0.356 e.